The Morgan fingerprint density at radius 1 is 1.10 bits per heavy atom. The van der Waals surface area contributed by atoms with Crippen molar-refractivity contribution in [1.29, 1.82) is 0 Å². The molecule has 0 aliphatic carbocycles. The second-order valence-electron chi connectivity index (χ2n) is 7.20. The molecular formula is C24H27BrN2O4. The van der Waals surface area contributed by atoms with Crippen LogP contribution in [0.1, 0.15) is 50.3 Å². The third-order valence-electron chi connectivity index (χ3n) is 4.97. The highest BCUT2D eigenvalue weighted by atomic mass is 79.9. The average Bonchev–Trinajstić information content (AvgIpc) is 2.77. The summed E-state index contributed by atoms with van der Waals surface area (Å²) in [5.41, 5.74) is 2.76. The number of unbranched alkanes of at least 4 members (excludes halogenated alkanes) is 1. The molecule has 2 N–H and O–H groups in total. The lowest BCUT2D eigenvalue weighted by molar-refractivity contribution is -0.139. The molecule has 7 heteroatoms. The maximum atomic E-state index is 12.9. The summed E-state index contributed by atoms with van der Waals surface area (Å²) in [6.45, 7) is 4.45. The first-order valence-corrected chi connectivity index (χ1v) is 11.3. The molecular weight excluding hydrogens is 460 g/mol. The fraction of sp³-hybridized carbons (Fsp3) is 0.333. The van der Waals surface area contributed by atoms with Gasteiger partial charge in [0.15, 0.2) is 0 Å². The normalized spacial score (nSPS) is 15.8. The monoisotopic (exact) mass is 486 g/mol. The van der Waals surface area contributed by atoms with E-state index >= 15 is 0 Å². The van der Waals surface area contributed by atoms with Crippen molar-refractivity contribution in [2.75, 3.05) is 6.61 Å². The van der Waals surface area contributed by atoms with Gasteiger partial charge in [0.2, 0.25) is 0 Å². The molecule has 1 unspecified atom stereocenters. The molecule has 2 aromatic rings. The molecule has 0 radical (unpaired) electrons. The average molecular weight is 487 g/mol. The summed E-state index contributed by atoms with van der Waals surface area (Å²) in [5, 5.41) is 5.69. The molecule has 1 heterocycles. The van der Waals surface area contributed by atoms with Gasteiger partial charge in [-0.3, -0.25) is 0 Å². The van der Waals surface area contributed by atoms with Gasteiger partial charge in [0.05, 0.1) is 18.2 Å². The summed E-state index contributed by atoms with van der Waals surface area (Å²) in [7, 11) is 0. The Balaban J connectivity index is 1.95. The largest absolute Gasteiger partial charge is 0.489 e. The van der Waals surface area contributed by atoms with Gasteiger partial charge in [0.25, 0.3) is 0 Å². The van der Waals surface area contributed by atoms with Crippen LogP contribution in [0.15, 0.2) is 64.3 Å². The number of hydrogen-bond donors (Lipinski definition) is 2. The lowest BCUT2D eigenvalue weighted by Gasteiger charge is -2.30. The van der Waals surface area contributed by atoms with E-state index in [9.17, 15) is 9.59 Å². The minimum Gasteiger partial charge on any atom is -0.489 e. The van der Waals surface area contributed by atoms with Crippen LogP contribution in [-0.4, -0.2) is 18.6 Å². The quantitative estimate of drug-likeness (QED) is 0.465. The lowest BCUT2D eigenvalue weighted by atomic mass is 9.93. The van der Waals surface area contributed by atoms with Gasteiger partial charge in [0, 0.05) is 15.7 Å². The van der Waals surface area contributed by atoms with Crippen molar-refractivity contribution in [3.63, 3.8) is 0 Å². The highest BCUT2D eigenvalue weighted by Crippen LogP contribution is 2.35. The predicted molar refractivity (Wildman–Crippen MR) is 123 cm³/mol. The minimum atomic E-state index is -0.652. The van der Waals surface area contributed by atoms with Crippen molar-refractivity contribution in [2.45, 2.75) is 45.8 Å². The molecule has 1 aliphatic heterocycles. The number of rotatable bonds is 9. The fourth-order valence-electron chi connectivity index (χ4n) is 3.44. The van der Waals surface area contributed by atoms with Crippen molar-refractivity contribution in [3.05, 3.63) is 75.4 Å². The van der Waals surface area contributed by atoms with Crippen LogP contribution >= 0.6 is 15.9 Å². The zero-order valence-corrected chi connectivity index (χ0v) is 19.3. The van der Waals surface area contributed by atoms with Gasteiger partial charge in [-0.1, -0.05) is 59.6 Å². The molecule has 2 aromatic carbocycles. The number of halogens is 1. The molecule has 0 saturated carbocycles. The number of para-hydroxylation sites is 1. The fourth-order valence-corrected chi connectivity index (χ4v) is 3.71. The van der Waals surface area contributed by atoms with Gasteiger partial charge in [-0.05, 0) is 43.5 Å². The SMILES string of the molecule is CCCCC1=C(C(=O)OCC)C(c2ccccc2OCc2ccc(Br)cc2)NC(=O)N1. The molecule has 6 nitrogen and oxygen atoms in total. The Labute approximate surface area is 191 Å². The predicted octanol–water partition coefficient (Wildman–Crippen LogP) is 5.39. The number of esters is 1. The van der Waals surface area contributed by atoms with Crippen LogP contribution < -0.4 is 15.4 Å². The van der Waals surface area contributed by atoms with Gasteiger partial charge >= 0.3 is 12.0 Å². The molecule has 1 atom stereocenters. The molecule has 0 spiro atoms. The number of amides is 2. The molecule has 3 rings (SSSR count). The number of ether oxygens (including phenoxy) is 2. The summed E-state index contributed by atoms with van der Waals surface area (Å²) in [5.74, 6) is 0.170. The van der Waals surface area contributed by atoms with Gasteiger partial charge in [-0.2, -0.15) is 0 Å². The van der Waals surface area contributed by atoms with E-state index in [1.54, 1.807) is 6.92 Å². The first-order chi connectivity index (χ1) is 15.0. The summed E-state index contributed by atoms with van der Waals surface area (Å²) in [6, 6.07) is 14.3. The zero-order chi connectivity index (χ0) is 22.2. The van der Waals surface area contributed by atoms with Crippen molar-refractivity contribution >= 4 is 27.9 Å². The van der Waals surface area contributed by atoms with E-state index in [0.29, 0.717) is 35.6 Å². The number of carbonyl (C=O) groups is 2. The number of nitrogens with one attached hydrogen (secondary N) is 2. The number of carbonyl (C=O) groups excluding carboxylic acids is 2. The molecule has 0 aromatic heterocycles. The third-order valence-corrected chi connectivity index (χ3v) is 5.50. The Kier molecular flexibility index (Phi) is 8.12. The van der Waals surface area contributed by atoms with Gasteiger partial charge < -0.3 is 20.1 Å². The molecule has 1 aliphatic rings. The summed E-state index contributed by atoms with van der Waals surface area (Å²) in [6.07, 6.45) is 2.39. The Morgan fingerprint density at radius 2 is 1.84 bits per heavy atom. The number of urea groups is 1. The van der Waals surface area contributed by atoms with Gasteiger partial charge in [-0.25, -0.2) is 9.59 Å². The van der Waals surface area contributed by atoms with Crippen molar-refractivity contribution in [1.82, 2.24) is 10.6 Å². The molecule has 164 valence electrons. The zero-order valence-electron chi connectivity index (χ0n) is 17.7. The number of benzene rings is 2. The van der Waals surface area contributed by atoms with Gasteiger partial charge in [0.1, 0.15) is 12.4 Å². The van der Waals surface area contributed by atoms with Gasteiger partial charge in [-0.15, -0.1) is 0 Å². The van der Waals surface area contributed by atoms with Crippen LogP contribution in [0.5, 0.6) is 5.75 Å². The van der Waals surface area contributed by atoms with Crippen LogP contribution in [0.2, 0.25) is 0 Å². The van der Waals surface area contributed by atoms with E-state index in [1.165, 1.54) is 0 Å². The van der Waals surface area contributed by atoms with E-state index in [2.05, 4.69) is 33.5 Å². The Hall–Kier alpha value is -2.80. The van der Waals surface area contributed by atoms with Crippen LogP contribution in [0, 0.1) is 0 Å². The van der Waals surface area contributed by atoms with E-state index in [4.69, 9.17) is 9.47 Å². The number of allylic oxidation sites excluding steroid dienone is 1. The Morgan fingerprint density at radius 3 is 2.55 bits per heavy atom. The van der Waals surface area contributed by atoms with Crippen LogP contribution in [-0.2, 0) is 16.1 Å². The van der Waals surface area contributed by atoms with Crippen LogP contribution in [0.4, 0.5) is 4.79 Å². The maximum Gasteiger partial charge on any atom is 0.338 e. The highest BCUT2D eigenvalue weighted by Gasteiger charge is 2.34. The van der Waals surface area contributed by atoms with Crippen LogP contribution in [0.3, 0.4) is 0 Å². The van der Waals surface area contributed by atoms with E-state index < -0.39 is 12.0 Å². The second kappa shape index (κ2) is 11.0. The molecule has 0 fully saturated rings. The molecule has 2 amide bonds. The van der Waals surface area contributed by atoms with E-state index in [0.717, 1.165) is 22.9 Å². The standard InChI is InChI=1S/C24H27BrN2O4/c1-3-5-9-19-21(23(28)30-4-2)22(27-24(29)26-19)18-8-6-7-10-20(18)31-15-16-11-13-17(25)14-12-16/h6-8,10-14,22H,3-5,9,15H2,1-2H3,(H2,26,27,29). The molecule has 0 bridgehead atoms. The summed E-state index contributed by atoms with van der Waals surface area (Å²) in [4.78, 5) is 25.3. The summed E-state index contributed by atoms with van der Waals surface area (Å²) >= 11 is 3.43. The second-order valence-corrected chi connectivity index (χ2v) is 8.12. The lowest BCUT2D eigenvalue weighted by Crippen LogP contribution is -2.46. The maximum absolute atomic E-state index is 12.9. The molecule has 31 heavy (non-hydrogen) atoms. The van der Waals surface area contributed by atoms with Crippen molar-refractivity contribution in [3.8, 4) is 5.75 Å². The van der Waals surface area contributed by atoms with E-state index in [1.807, 2.05) is 48.5 Å². The molecule has 0 saturated heterocycles. The van der Waals surface area contributed by atoms with E-state index in [-0.39, 0.29) is 12.6 Å². The summed E-state index contributed by atoms with van der Waals surface area (Å²) < 4.78 is 12.4. The third kappa shape index (κ3) is 5.88. The van der Waals surface area contributed by atoms with Crippen molar-refractivity contribution < 1.29 is 19.1 Å². The Bertz CT molecular complexity index is 956. The smallest absolute Gasteiger partial charge is 0.338 e. The first-order valence-electron chi connectivity index (χ1n) is 10.5. The first kappa shape index (κ1) is 22.9. The van der Waals surface area contributed by atoms with Crippen molar-refractivity contribution in [2.24, 2.45) is 0 Å². The highest BCUT2D eigenvalue weighted by molar-refractivity contribution is 9.10. The topological polar surface area (TPSA) is 76.7 Å². The van der Waals surface area contributed by atoms with Crippen LogP contribution in [0.25, 0.3) is 0 Å². The number of hydrogen-bond acceptors (Lipinski definition) is 4. The minimum absolute atomic E-state index is 0.256.